The van der Waals surface area contributed by atoms with E-state index in [0.29, 0.717) is 18.4 Å². The number of aromatic nitrogens is 2. The quantitative estimate of drug-likeness (QED) is 0.407. The van der Waals surface area contributed by atoms with Crippen LogP contribution >= 0.6 is 0 Å². The topological polar surface area (TPSA) is 87.0 Å². The van der Waals surface area contributed by atoms with E-state index in [1.165, 1.54) is 0 Å². The van der Waals surface area contributed by atoms with Gasteiger partial charge in [0.05, 0.1) is 7.11 Å². The fraction of sp³-hybridized carbons (Fsp3) is 0.231. The van der Waals surface area contributed by atoms with Crippen LogP contribution in [0.25, 0.3) is 22.2 Å². The average Bonchev–Trinajstić information content (AvgIpc) is 3.15. The molecule has 0 aliphatic carbocycles. The van der Waals surface area contributed by atoms with Gasteiger partial charge in [-0.1, -0.05) is 18.2 Å². The number of amides is 1. The number of carbonyl (C=O) groups is 1. The van der Waals surface area contributed by atoms with Crippen molar-refractivity contribution in [2.45, 2.75) is 33.2 Å². The number of rotatable bonds is 7. The Bertz CT molecular complexity index is 1320. The smallest absolute Gasteiger partial charge is 0.253 e. The zero-order valence-electron chi connectivity index (χ0n) is 18.5. The molecule has 0 radical (unpaired) electrons. The fourth-order valence-electron chi connectivity index (χ4n) is 4.08. The number of fused-ring (bicyclic) bond motifs is 1. The highest BCUT2D eigenvalue weighted by Crippen LogP contribution is 2.32. The van der Waals surface area contributed by atoms with Crippen molar-refractivity contribution in [2.75, 3.05) is 7.11 Å². The third-order valence-corrected chi connectivity index (χ3v) is 5.75. The Morgan fingerprint density at radius 2 is 1.75 bits per heavy atom. The van der Waals surface area contributed by atoms with E-state index in [-0.39, 0.29) is 18.0 Å². The van der Waals surface area contributed by atoms with Crippen LogP contribution in [0.1, 0.15) is 28.8 Å². The number of methoxy groups -OCH3 is 1. The molecular weight excluding hydrogens is 402 g/mol. The van der Waals surface area contributed by atoms with E-state index in [4.69, 9.17) is 4.74 Å². The highest BCUT2D eigenvalue weighted by atomic mass is 16.5. The van der Waals surface area contributed by atoms with Gasteiger partial charge in [0, 0.05) is 40.8 Å². The number of nitrogens with one attached hydrogen (secondary N) is 3. The Morgan fingerprint density at radius 3 is 2.47 bits per heavy atom. The minimum Gasteiger partial charge on any atom is -0.497 e. The van der Waals surface area contributed by atoms with Crippen LogP contribution in [0.4, 0.5) is 0 Å². The third kappa shape index (κ3) is 4.44. The first-order chi connectivity index (χ1) is 15.5. The zero-order valence-corrected chi connectivity index (χ0v) is 18.5. The molecule has 0 aliphatic heterocycles. The van der Waals surface area contributed by atoms with Crippen molar-refractivity contribution >= 4 is 16.8 Å². The van der Waals surface area contributed by atoms with Crippen LogP contribution in [-0.4, -0.2) is 23.0 Å². The van der Waals surface area contributed by atoms with Crippen LogP contribution < -0.4 is 15.6 Å². The lowest BCUT2D eigenvalue weighted by atomic mass is 10.0. The summed E-state index contributed by atoms with van der Waals surface area (Å²) in [4.78, 5) is 31.1. The van der Waals surface area contributed by atoms with Crippen molar-refractivity contribution in [3.8, 4) is 17.0 Å². The highest BCUT2D eigenvalue weighted by molar-refractivity contribution is 5.91. The van der Waals surface area contributed by atoms with Crippen LogP contribution in [0, 0.1) is 13.8 Å². The molecule has 6 heteroatoms. The molecular formula is C26H27N3O3. The van der Waals surface area contributed by atoms with E-state index in [0.717, 1.165) is 44.7 Å². The number of H-pyrrole nitrogens is 2. The van der Waals surface area contributed by atoms with Crippen molar-refractivity contribution in [1.82, 2.24) is 15.3 Å². The second-order valence-corrected chi connectivity index (χ2v) is 7.97. The van der Waals surface area contributed by atoms with Gasteiger partial charge in [-0.3, -0.25) is 9.59 Å². The van der Waals surface area contributed by atoms with E-state index in [1.807, 2.05) is 62.4 Å². The zero-order chi connectivity index (χ0) is 22.7. The van der Waals surface area contributed by atoms with E-state index in [1.54, 1.807) is 7.11 Å². The van der Waals surface area contributed by atoms with E-state index in [2.05, 4.69) is 21.4 Å². The van der Waals surface area contributed by atoms with Crippen molar-refractivity contribution in [1.29, 1.82) is 0 Å². The molecule has 1 amide bonds. The van der Waals surface area contributed by atoms with Crippen LogP contribution in [0.5, 0.6) is 5.75 Å². The Balaban J connectivity index is 1.52. The highest BCUT2D eigenvalue weighted by Gasteiger charge is 2.15. The van der Waals surface area contributed by atoms with E-state index < -0.39 is 0 Å². The first-order valence-corrected chi connectivity index (χ1v) is 10.7. The van der Waals surface area contributed by atoms with Gasteiger partial charge in [0.15, 0.2) is 0 Å². The van der Waals surface area contributed by atoms with Gasteiger partial charge in [-0.05, 0) is 73.4 Å². The van der Waals surface area contributed by atoms with Crippen LogP contribution in [0.2, 0.25) is 0 Å². The summed E-state index contributed by atoms with van der Waals surface area (Å²) in [5.74, 6) is 0.711. The molecule has 2 aromatic carbocycles. The monoisotopic (exact) mass is 429 g/mol. The number of pyridine rings is 1. The molecule has 0 saturated carbocycles. The van der Waals surface area contributed by atoms with Gasteiger partial charge in [0.1, 0.15) is 5.75 Å². The van der Waals surface area contributed by atoms with Gasteiger partial charge >= 0.3 is 0 Å². The SMILES string of the molecule is COc1ccc(-c2[nH]c3ccccc3c2CCC(=O)NCc2c(C)cc(C)[nH]c2=O)cc1. The maximum Gasteiger partial charge on any atom is 0.253 e. The number of hydrogen-bond acceptors (Lipinski definition) is 3. The molecule has 4 aromatic rings. The molecule has 0 unspecified atom stereocenters. The molecule has 3 N–H and O–H groups in total. The van der Waals surface area contributed by atoms with E-state index in [9.17, 15) is 9.59 Å². The average molecular weight is 430 g/mol. The first kappa shape index (κ1) is 21.4. The van der Waals surface area contributed by atoms with Gasteiger partial charge < -0.3 is 20.0 Å². The molecule has 2 heterocycles. The molecule has 0 bridgehead atoms. The standard InChI is InChI=1S/C26H27N3O3/c1-16-14-17(2)28-26(31)22(16)15-27-24(30)13-12-21-20-6-4-5-7-23(20)29-25(21)18-8-10-19(32-3)11-9-18/h4-11,14,29H,12-13,15H2,1-3H3,(H,27,30)(H,28,31). The molecule has 0 saturated heterocycles. The van der Waals surface area contributed by atoms with Crippen LogP contribution in [0.15, 0.2) is 59.4 Å². The summed E-state index contributed by atoms with van der Waals surface area (Å²) in [5, 5.41) is 4.01. The molecule has 0 fully saturated rings. The summed E-state index contributed by atoms with van der Waals surface area (Å²) in [6.45, 7) is 3.95. The minimum atomic E-state index is -0.152. The molecule has 164 valence electrons. The number of aryl methyl sites for hydroxylation is 3. The van der Waals surface area contributed by atoms with Gasteiger partial charge in [0.2, 0.25) is 5.91 Å². The van der Waals surface area contributed by atoms with Gasteiger partial charge in [-0.2, -0.15) is 0 Å². The Morgan fingerprint density at radius 1 is 1.00 bits per heavy atom. The molecule has 4 rings (SSSR count). The molecule has 2 aromatic heterocycles. The lowest BCUT2D eigenvalue weighted by Gasteiger charge is -2.09. The number of para-hydroxylation sites is 1. The fourth-order valence-corrected chi connectivity index (χ4v) is 4.08. The number of benzene rings is 2. The third-order valence-electron chi connectivity index (χ3n) is 5.75. The Kier molecular flexibility index (Phi) is 6.12. The summed E-state index contributed by atoms with van der Waals surface area (Å²) in [6, 6.07) is 17.9. The van der Waals surface area contributed by atoms with Crippen molar-refractivity contribution in [2.24, 2.45) is 0 Å². The summed E-state index contributed by atoms with van der Waals surface area (Å²) in [5.41, 5.74) is 6.32. The summed E-state index contributed by atoms with van der Waals surface area (Å²) in [6.07, 6.45) is 0.911. The lowest BCUT2D eigenvalue weighted by molar-refractivity contribution is -0.121. The van der Waals surface area contributed by atoms with Crippen molar-refractivity contribution < 1.29 is 9.53 Å². The Labute approximate surface area is 186 Å². The van der Waals surface area contributed by atoms with Crippen LogP contribution in [-0.2, 0) is 17.8 Å². The predicted octanol–water partition coefficient (Wildman–Crippen LogP) is 4.40. The molecule has 0 atom stereocenters. The maximum atomic E-state index is 12.6. The normalized spacial score (nSPS) is 11.0. The molecule has 32 heavy (non-hydrogen) atoms. The molecule has 0 aliphatic rings. The minimum absolute atomic E-state index is 0.0877. The summed E-state index contributed by atoms with van der Waals surface area (Å²) < 4.78 is 5.27. The number of ether oxygens (including phenoxy) is 1. The lowest BCUT2D eigenvalue weighted by Crippen LogP contribution is -2.28. The van der Waals surface area contributed by atoms with Crippen LogP contribution in [0.3, 0.4) is 0 Å². The maximum absolute atomic E-state index is 12.6. The van der Waals surface area contributed by atoms with E-state index >= 15 is 0 Å². The predicted molar refractivity (Wildman–Crippen MR) is 127 cm³/mol. The van der Waals surface area contributed by atoms with Crippen molar-refractivity contribution in [3.05, 3.63) is 87.3 Å². The van der Waals surface area contributed by atoms with Gasteiger partial charge in [-0.25, -0.2) is 0 Å². The van der Waals surface area contributed by atoms with Gasteiger partial charge in [-0.15, -0.1) is 0 Å². The second-order valence-electron chi connectivity index (χ2n) is 7.97. The number of hydrogen-bond donors (Lipinski definition) is 3. The number of aromatic amines is 2. The number of carbonyl (C=O) groups excluding carboxylic acids is 1. The second kappa shape index (κ2) is 9.14. The largest absolute Gasteiger partial charge is 0.497 e. The Hall–Kier alpha value is -3.80. The molecule has 0 spiro atoms. The first-order valence-electron chi connectivity index (χ1n) is 10.7. The summed E-state index contributed by atoms with van der Waals surface area (Å²) >= 11 is 0. The molecule has 6 nitrogen and oxygen atoms in total. The summed E-state index contributed by atoms with van der Waals surface area (Å²) in [7, 11) is 1.65. The van der Waals surface area contributed by atoms with Crippen molar-refractivity contribution in [3.63, 3.8) is 0 Å². The van der Waals surface area contributed by atoms with Gasteiger partial charge in [0.25, 0.3) is 5.56 Å².